The molecule has 3 atom stereocenters. The van der Waals surface area contributed by atoms with Crippen molar-refractivity contribution in [3.63, 3.8) is 0 Å². The summed E-state index contributed by atoms with van der Waals surface area (Å²) in [6.07, 6.45) is 0. The Balaban J connectivity index is 2.00. The molecule has 10 heteroatoms. The average Bonchev–Trinajstić information content (AvgIpc) is 2.67. The van der Waals surface area contributed by atoms with Gasteiger partial charge in [-0.1, -0.05) is 36.8 Å². The summed E-state index contributed by atoms with van der Waals surface area (Å²) in [5.74, 6) is -1.22. The first-order valence-corrected chi connectivity index (χ1v) is 11.2. The molecule has 0 saturated carbocycles. The molecule has 1 N–H and O–H groups in total. The molecule has 1 aliphatic rings. The highest BCUT2D eigenvalue weighted by Gasteiger charge is 2.45. The van der Waals surface area contributed by atoms with Crippen LogP contribution < -0.4 is 0 Å². The van der Waals surface area contributed by atoms with Crippen LogP contribution in [0.25, 0.3) is 0 Å². The van der Waals surface area contributed by atoms with E-state index >= 15 is 0 Å². The summed E-state index contributed by atoms with van der Waals surface area (Å²) < 4.78 is 27.5. The standard InChI is InChI=1S/C19H20N2O6S2/c1-12-3-5-14(6-4-12)17-11-20(18(19(22)23)13(2)28-17)29(26,27)16-9-7-15(8-10-16)21(24)25/h3-10,13,17-18H,11H2,1-2H3,(H,22,23)/t13-,17+,18+/m1/s1. The molecule has 1 heterocycles. The molecule has 0 aliphatic carbocycles. The lowest BCUT2D eigenvalue weighted by Gasteiger charge is -2.40. The van der Waals surface area contributed by atoms with Gasteiger partial charge in [-0.2, -0.15) is 4.31 Å². The smallest absolute Gasteiger partial charge is 0.323 e. The van der Waals surface area contributed by atoms with Gasteiger partial charge in [0.05, 0.1) is 9.82 Å². The summed E-state index contributed by atoms with van der Waals surface area (Å²) >= 11 is 1.43. The van der Waals surface area contributed by atoms with Crippen LogP contribution >= 0.6 is 11.8 Å². The van der Waals surface area contributed by atoms with Crippen LogP contribution in [0.3, 0.4) is 0 Å². The lowest BCUT2D eigenvalue weighted by molar-refractivity contribution is -0.384. The number of aryl methyl sites for hydroxylation is 1. The van der Waals surface area contributed by atoms with Crippen molar-refractivity contribution in [2.75, 3.05) is 6.54 Å². The lowest BCUT2D eigenvalue weighted by Crippen LogP contribution is -2.54. The molecular formula is C19H20N2O6S2. The molecule has 0 radical (unpaired) electrons. The fourth-order valence-electron chi connectivity index (χ4n) is 3.30. The summed E-state index contributed by atoms with van der Waals surface area (Å²) in [4.78, 5) is 21.9. The highest BCUT2D eigenvalue weighted by Crippen LogP contribution is 2.42. The van der Waals surface area contributed by atoms with Crippen LogP contribution in [-0.4, -0.2) is 46.6 Å². The van der Waals surface area contributed by atoms with E-state index in [0.29, 0.717) is 0 Å². The number of rotatable bonds is 5. The van der Waals surface area contributed by atoms with Crippen molar-refractivity contribution in [3.8, 4) is 0 Å². The van der Waals surface area contributed by atoms with E-state index in [0.717, 1.165) is 39.7 Å². The van der Waals surface area contributed by atoms with E-state index in [1.54, 1.807) is 6.92 Å². The van der Waals surface area contributed by atoms with Gasteiger partial charge in [-0.3, -0.25) is 14.9 Å². The number of nitro groups is 1. The van der Waals surface area contributed by atoms with Crippen molar-refractivity contribution in [1.29, 1.82) is 0 Å². The third-order valence-corrected chi connectivity index (χ3v) is 8.13. The maximum Gasteiger partial charge on any atom is 0.323 e. The summed E-state index contributed by atoms with van der Waals surface area (Å²) in [5.41, 5.74) is 1.75. The molecule has 8 nitrogen and oxygen atoms in total. The van der Waals surface area contributed by atoms with Crippen LogP contribution in [0.15, 0.2) is 53.4 Å². The Kier molecular flexibility index (Phi) is 5.97. The van der Waals surface area contributed by atoms with Gasteiger partial charge < -0.3 is 5.11 Å². The molecule has 2 aromatic carbocycles. The zero-order chi connectivity index (χ0) is 21.3. The fourth-order valence-corrected chi connectivity index (χ4v) is 6.63. The Morgan fingerprint density at radius 2 is 1.76 bits per heavy atom. The molecule has 3 rings (SSSR count). The number of benzene rings is 2. The third kappa shape index (κ3) is 4.29. The van der Waals surface area contributed by atoms with E-state index in [-0.39, 0.29) is 22.4 Å². The molecule has 0 spiro atoms. The largest absolute Gasteiger partial charge is 0.480 e. The van der Waals surface area contributed by atoms with E-state index in [2.05, 4.69) is 0 Å². The first-order chi connectivity index (χ1) is 13.6. The number of nitro benzene ring substituents is 1. The summed E-state index contributed by atoms with van der Waals surface area (Å²) in [6.45, 7) is 3.64. The van der Waals surface area contributed by atoms with E-state index in [4.69, 9.17) is 0 Å². The average molecular weight is 437 g/mol. The number of thioether (sulfide) groups is 1. The number of hydrogen-bond donors (Lipinski definition) is 1. The Hall–Kier alpha value is -2.43. The molecule has 0 amide bonds. The van der Waals surface area contributed by atoms with Crippen molar-refractivity contribution in [1.82, 2.24) is 4.31 Å². The monoisotopic (exact) mass is 436 g/mol. The molecule has 0 aromatic heterocycles. The Morgan fingerprint density at radius 3 is 2.28 bits per heavy atom. The topological polar surface area (TPSA) is 118 Å². The van der Waals surface area contributed by atoms with Gasteiger partial charge in [-0.05, 0) is 24.6 Å². The maximum atomic E-state index is 13.2. The number of hydrogen-bond acceptors (Lipinski definition) is 6. The predicted molar refractivity (Wildman–Crippen MR) is 109 cm³/mol. The number of sulfonamides is 1. The van der Waals surface area contributed by atoms with Crippen molar-refractivity contribution in [3.05, 3.63) is 69.8 Å². The van der Waals surface area contributed by atoms with E-state index in [1.165, 1.54) is 11.8 Å². The minimum Gasteiger partial charge on any atom is -0.480 e. The van der Waals surface area contributed by atoms with Crippen molar-refractivity contribution in [2.24, 2.45) is 0 Å². The highest BCUT2D eigenvalue weighted by molar-refractivity contribution is 8.00. The zero-order valence-electron chi connectivity index (χ0n) is 15.8. The zero-order valence-corrected chi connectivity index (χ0v) is 17.4. The summed E-state index contributed by atoms with van der Waals surface area (Å²) in [7, 11) is -4.16. The van der Waals surface area contributed by atoms with Gasteiger partial charge in [0.1, 0.15) is 6.04 Å². The highest BCUT2D eigenvalue weighted by atomic mass is 32.2. The Bertz CT molecular complexity index is 1020. The van der Waals surface area contributed by atoms with Crippen molar-refractivity contribution in [2.45, 2.75) is 35.3 Å². The molecule has 154 valence electrons. The number of carboxylic acid groups (broad SMARTS) is 1. The summed E-state index contributed by atoms with van der Waals surface area (Å²) in [5, 5.41) is 19.8. The van der Waals surface area contributed by atoms with E-state index in [9.17, 15) is 28.4 Å². The summed E-state index contributed by atoms with van der Waals surface area (Å²) in [6, 6.07) is 10.9. The van der Waals surface area contributed by atoms with Crippen LogP contribution in [0, 0.1) is 17.0 Å². The van der Waals surface area contributed by atoms with Gasteiger partial charge >= 0.3 is 5.97 Å². The number of nitrogens with zero attached hydrogens (tertiary/aromatic N) is 2. The first-order valence-electron chi connectivity index (χ1n) is 8.82. The van der Waals surface area contributed by atoms with Crippen LogP contribution in [0.1, 0.15) is 23.3 Å². The molecule has 0 bridgehead atoms. The molecule has 1 aliphatic heterocycles. The maximum absolute atomic E-state index is 13.2. The van der Waals surface area contributed by atoms with Gasteiger partial charge in [-0.15, -0.1) is 11.8 Å². The third-order valence-electron chi connectivity index (χ3n) is 4.84. The fraction of sp³-hybridized carbons (Fsp3) is 0.316. The normalized spacial score (nSPS) is 22.9. The number of aliphatic carboxylic acids is 1. The van der Waals surface area contributed by atoms with Crippen molar-refractivity contribution < 1.29 is 23.2 Å². The van der Waals surface area contributed by atoms with Gasteiger partial charge in [0.2, 0.25) is 10.0 Å². The second-order valence-corrected chi connectivity index (χ2v) is 10.3. The van der Waals surface area contributed by atoms with Gasteiger partial charge in [0, 0.05) is 29.2 Å². The van der Waals surface area contributed by atoms with Gasteiger partial charge in [0.25, 0.3) is 5.69 Å². The molecular weight excluding hydrogens is 416 g/mol. The van der Waals surface area contributed by atoms with Gasteiger partial charge in [0.15, 0.2) is 0 Å². The Labute approximate surface area is 172 Å². The van der Waals surface area contributed by atoms with Gasteiger partial charge in [-0.25, -0.2) is 8.42 Å². The number of carboxylic acids is 1. The second kappa shape index (κ2) is 8.13. The molecule has 0 unspecified atom stereocenters. The second-order valence-electron chi connectivity index (χ2n) is 6.85. The SMILES string of the molecule is Cc1ccc([C@@H]2CN(S(=O)(=O)c3ccc([N+](=O)[O-])cc3)[C@H](C(=O)O)[C@@H](C)S2)cc1. The Morgan fingerprint density at radius 1 is 1.17 bits per heavy atom. The van der Waals surface area contributed by atoms with Crippen LogP contribution in [-0.2, 0) is 14.8 Å². The molecule has 1 saturated heterocycles. The molecule has 29 heavy (non-hydrogen) atoms. The number of non-ortho nitro benzene ring substituents is 1. The quantitative estimate of drug-likeness (QED) is 0.565. The lowest BCUT2D eigenvalue weighted by atomic mass is 10.1. The van der Waals surface area contributed by atoms with Crippen molar-refractivity contribution >= 4 is 33.4 Å². The van der Waals surface area contributed by atoms with Crippen LogP contribution in [0.5, 0.6) is 0 Å². The van der Waals surface area contributed by atoms with E-state index in [1.807, 2.05) is 31.2 Å². The molecule has 2 aromatic rings. The van der Waals surface area contributed by atoms with Crippen LogP contribution in [0.2, 0.25) is 0 Å². The van der Waals surface area contributed by atoms with E-state index < -0.39 is 32.2 Å². The minimum absolute atomic E-state index is 0.00560. The number of carbonyl (C=O) groups is 1. The first kappa shape index (κ1) is 21.3. The molecule has 1 fully saturated rings. The van der Waals surface area contributed by atoms with Crippen LogP contribution in [0.4, 0.5) is 5.69 Å². The minimum atomic E-state index is -4.16. The predicted octanol–water partition coefficient (Wildman–Crippen LogP) is 3.22.